The van der Waals surface area contributed by atoms with Crippen molar-refractivity contribution in [3.05, 3.63) is 17.7 Å². The van der Waals surface area contributed by atoms with Gasteiger partial charge in [0.15, 0.2) is 0 Å². The molecule has 24 heavy (non-hydrogen) atoms. The van der Waals surface area contributed by atoms with Crippen LogP contribution in [0.3, 0.4) is 0 Å². The molecule has 1 unspecified atom stereocenters. The van der Waals surface area contributed by atoms with Gasteiger partial charge in [-0.1, -0.05) is 13.3 Å². The summed E-state index contributed by atoms with van der Waals surface area (Å²) >= 11 is 0. The van der Waals surface area contributed by atoms with Crippen LogP contribution in [-0.2, 0) is 22.5 Å². The maximum Gasteiger partial charge on any atom is 0.274 e. The molecule has 1 N–H and O–H groups in total. The summed E-state index contributed by atoms with van der Waals surface area (Å²) in [4.78, 5) is 30.8. The highest BCUT2D eigenvalue weighted by atomic mass is 16.5. The van der Waals surface area contributed by atoms with Crippen molar-refractivity contribution in [1.29, 1.82) is 0 Å². The lowest BCUT2D eigenvalue weighted by Crippen LogP contribution is -2.37. The first-order valence-electron chi connectivity index (χ1n) is 8.64. The Morgan fingerprint density at radius 2 is 2.29 bits per heavy atom. The third kappa shape index (κ3) is 4.35. The number of hydrogen-bond donors (Lipinski definition) is 1. The number of carbonyl (C=O) groups excluding carboxylic acids is 2. The van der Waals surface area contributed by atoms with Crippen LogP contribution in [-0.4, -0.2) is 60.1 Å². The third-order valence-electron chi connectivity index (χ3n) is 4.47. The second-order valence-electron chi connectivity index (χ2n) is 6.29. The van der Waals surface area contributed by atoms with Crippen molar-refractivity contribution in [1.82, 2.24) is 19.8 Å². The molecule has 0 aromatic carbocycles. The molecule has 134 valence electrons. The van der Waals surface area contributed by atoms with Crippen molar-refractivity contribution in [3.63, 3.8) is 0 Å². The first kappa shape index (κ1) is 18.4. The highest BCUT2D eigenvalue weighted by molar-refractivity contribution is 5.93. The van der Waals surface area contributed by atoms with E-state index in [1.165, 1.54) is 0 Å². The van der Waals surface area contributed by atoms with Gasteiger partial charge in [0.25, 0.3) is 5.91 Å². The van der Waals surface area contributed by atoms with E-state index in [0.29, 0.717) is 31.8 Å². The van der Waals surface area contributed by atoms with Crippen molar-refractivity contribution in [2.24, 2.45) is 5.92 Å². The quantitative estimate of drug-likeness (QED) is 0.721. The SMILES string of the molecule is CCCCN(C)C(=O)c1ncn2c1CCC(C(=O)NCCOC)C2. The van der Waals surface area contributed by atoms with E-state index in [-0.39, 0.29) is 17.7 Å². The van der Waals surface area contributed by atoms with Gasteiger partial charge >= 0.3 is 0 Å². The zero-order valence-electron chi connectivity index (χ0n) is 14.9. The monoisotopic (exact) mass is 336 g/mol. The molecule has 1 aromatic heterocycles. The van der Waals surface area contributed by atoms with E-state index in [1.807, 2.05) is 11.6 Å². The largest absolute Gasteiger partial charge is 0.383 e. The van der Waals surface area contributed by atoms with Crippen LogP contribution in [0.5, 0.6) is 0 Å². The van der Waals surface area contributed by atoms with Gasteiger partial charge in [-0.3, -0.25) is 9.59 Å². The molecule has 0 aliphatic carbocycles. The number of nitrogens with one attached hydrogen (secondary N) is 1. The summed E-state index contributed by atoms with van der Waals surface area (Å²) in [5.41, 5.74) is 1.48. The number of amides is 2. The standard InChI is InChI=1S/C17H28N4O3/c1-4-5-9-20(2)17(23)15-14-7-6-13(11-21(14)12-19-15)16(22)18-8-10-24-3/h12-13H,4-11H2,1-3H3,(H,18,22). The van der Waals surface area contributed by atoms with Crippen molar-refractivity contribution in [2.75, 3.05) is 33.9 Å². The van der Waals surface area contributed by atoms with Gasteiger partial charge in [0.2, 0.25) is 5.91 Å². The van der Waals surface area contributed by atoms with Gasteiger partial charge in [-0.15, -0.1) is 0 Å². The Balaban J connectivity index is 1.98. The highest BCUT2D eigenvalue weighted by Crippen LogP contribution is 2.23. The number of imidazole rings is 1. The fourth-order valence-electron chi connectivity index (χ4n) is 2.96. The first-order valence-corrected chi connectivity index (χ1v) is 8.64. The number of nitrogens with zero attached hydrogens (tertiary/aromatic N) is 3. The number of aromatic nitrogens is 2. The molecule has 0 saturated heterocycles. The molecule has 2 heterocycles. The van der Waals surface area contributed by atoms with Gasteiger partial charge in [-0.2, -0.15) is 0 Å². The van der Waals surface area contributed by atoms with Crippen LogP contribution < -0.4 is 5.32 Å². The lowest BCUT2D eigenvalue weighted by atomic mass is 9.96. The normalized spacial score (nSPS) is 16.5. The van der Waals surface area contributed by atoms with Crippen LogP contribution in [0.1, 0.15) is 42.4 Å². The van der Waals surface area contributed by atoms with Crippen LogP contribution in [0.25, 0.3) is 0 Å². The molecular weight excluding hydrogens is 308 g/mol. The van der Waals surface area contributed by atoms with Gasteiger partial charge in [0.1, 0.15) is 5.69 Å². The van der Waals surface area contributed by atoms with E-state index in [0.717, 1.165) is 31.5 Å². The molecule has 1 aliphatic rings. The Labute approximate surface area is 143 Å². The molecule has 2 rings (SSSR count). The van der Waals surface area contributed by atoms with Gasteiger partial charge in [-0.05, 0) is 19.3 Å². The number of methoxy groups -OCH3 is 1. The summed E-state index contributed by atoms with van der Waals surface area (Å²) in [7, 11) is 3.43. The summed E-state index contributed by atoms with van der Waals surface area (Å²) in [6.07, 6.45) is 5.17. The number of hydrogen-bond acceptors (Lipinski definition) is 4. The van der Waals surface area contributed by atoms with E-state index < -0.39 is 0 Å². The number of rotatable bonds is 8. The van der Waals surface area contributed by atoms with Gasteiger partial charge in [0.05, 0.1) is 24.5 Å². The van der Waals surface area contributed by atoms with Crippen molar-refractivity contribution < 1.29 is 14.3 Å². The summed E-state index contributed by atoms with van der Waals surface area (Å²) in [6, 6.07) is 0. The van der Waals surface area contributed by atoms with E-state index in [2.05, 4.69) is 17.2 Å². The van der Waals surface area contributed by atoms with E-state index in [9.17, 15) is 9.59 Å². The zero-order valence-corrected chi connectivity index (χ0v) is 14.9. The molecule has 0 radical (unpaired) electrons. The Morgan fingerprint density at radius 1 is 1.50 bits per heavy atom. The predicted octanol–water partition coefficient (Wildman–Crippen LogP) is 1.08. The number of ether oxygens (including phenoxy) is 1. The minimum Gasteiger partial charge on any atom is -0.383 e. The summed E-state index contributed by atoms with van der Waals surface area (Å²) < 4.78 is 6.89. The van der Waals surface area contributed by atoms with E-state index >= 15 is 0 Å². The number of fused-ring (bicyclic) bond motifs is 1. The Bertz CT molecular complexity index is 570. The minimum atomic E-state index is -0.0793. The molecule has 7 heteroatoms. The molecule has 0 saturated carbocycles. The number of unbranched alkanes of at least 4 members (excludes halogenated alkanes) is 1. The summed E-state index contributed by atoms with van der Waals surface area (Å²) in [5, 5.41) is 2.88. The average molecular weight is 336 g/mol. The van der Waals surface area contributed by atoms with Crippen molar-refractivity contribution >= 4 is 11.8 Å². The van der Waals surface area contributed by atoms with Crippen LogP contribution in [0.15, 0.2) is 6.33 Å². The lowest BCUT2D eigenvalue weighted by molar-refractivity contribution is -0.126. The Morgan fingerprint density at radius 3 is 3.00 bits per heavy atom. The molecule has 1 aromatic rings. The molecule has 1 atom stereocenters. The predicted molar refractivity (Wildman–Crippen MR) is 90.8 cm³/mol. The molecule has 1 aliphatic heterocycles. The zero-order chi connectivity index (χ0) is 17.5. The van der Waals surface area contributed by atoms with Crippen molar-refractivity contribution in [2.45, 2.75) is 39.2 Å². The number of carbonyl (C=O) groups is 2. The Kier molecular flexibility index (Phi) is 6.78. The smallest absolute Gasteiger partial charge is 0.274 e. The summed E-state index contributed by atoms with van der Waals surface area (Å²) in [5.74, 6) is -0.0659. The summed E-state index contributed by atoms with van der Waals surface area (Å²) in [6.45, 7) is 4.46. The van der Waals surface area contributed by atoms with Crippen LogP contribution >= 0.6 is 0 Å². The molecule has 0 bridgehead atoms. The molecule has 0 fully saturated rings. The van der Waals surface area contributed by atoms with Crippen LogP contribution in [0.2, 0.25) is 0 Å². The molecular formula is C17H28N4O3. The molecule has 0 spiro atoms. The maximum absolute atomic E-state index is 12.5. The van der Waals surface area contributed by atoms with E-state index in [4.69, 9.17) is 4.74 Å². The fraction of sp³-hybridized carbons (Fsp3) is 0.706. The first-order chi connectivity index (χ1) is 11.6. The van der Waals surface area contributed by atoms with Crippen LogP contribution in [0, 0.1) is 5.92 Å². The van der Waals surface area contributed by atoms with Gasteiger partial charge in [0, 0.05) is 33.8 Å². The second-order valence-corrected chi connectivity index (χ2v) is 6.29. The molecule has 2 amide bonds. The topological polar surface area (TPSA) is 76.5 Å². The molecule has 7 nitrogen and oxygen atoms in total. The fourth-order valence-corrected chi connectivity index (χ4v) is 2.96. The van der Waals surface area contributed by atoms with Crippen LogP contribution in [0.4, 0.5) is 0 Å². The average Bonchev–Trinajstić information content (AvgIpc) is 3.02. The third-order valence-corrected chi connectivity index (χ3v) is 4.47. The van der Waals surface area contributed by atoms with Crippen molar-refractivity contribution in [3.8, 4) is 0 Å². The highest BCUT2D eigenvalue weighted by Gasteiger charge is 2.29. The minimum absolute atomic E-state index is 0.0276. The maximum atomic E-state index is 12.5. The lowest BCUT2D eigenvalue weighted by Gasteiger charge is -2.24. The van der Waals surface area contributed by atoms with E-state index in [1.54, 1.807) is 18.3 Å². The van der Waals surface area contributed by atoms with Gasteiger partial charge < -0.3 is 19.5 Å². The van der Waals surface area contributed by atoms with Gasteiger partial charge in [-0.25, -0.2) is 4.98 Å². The second kappa shape index (κ2) is 8.82. The Hall–Kier alpha value is -1.89.